The molecule has 1 aliphatic carbocycles. The van der Waals surface area contributed by atoms with Crippen LogP contribution in [0.25, 0.3) is 10.2 Å². The summed E-state index contributed by atoms with van der Waals surface area (Å²) in [6, 6.07) is 13.7. The number of nitrogens with zero attached hydrogens (tertiary/aromatic N) is 1. The highest BCUT2D eigenvalue weighted by molar-refractivity contribution is 7.20. The molecule has 2 heterocycles. The van der Waals surface area contributed by atoms with Crippen LogP contribution in [-0.4, -0.2) is 35.7 Å². The van der Waals surface area contributed by atoms with Crippen LogP contribution in [0.3, 0.4) is 0 Å². The van der Waals surface area contributed by atoms with E-state index < -0.39 is 11.7 Å². The van der Waals surface area contributed by atoms with Gasteiger partial charge in [0.25, 0.3) is 5.91 Å². The highest BCUT2D eigenvalue weighted by atomic mass is 32.1. The third kappa shape index (κ3) is 9.01. The number of benzene rings is 1. The third-order valence-electron chi connectivity index (χ3n) is 6.43. The van der Waals surface area contributed by atoms with Crippen molar-refractivity contribution in [1.82, 2.24) is 15.6 Å². The number of alkyl carbamates (subject to hydrolysis) is 1. The molecule has 0 radical (unpaired) electrons. The van der Waals surface area contributed by atoms with Crippen LogP contribution in [0.1, 0.15) is 75.3 Å². The minimum atomic E-state index is -0.514. The lowest BCUT2D eigenvalue weighted by Gasteiger charge is -2.34. The molecule has 8 heteroatoms. The van der Waals surface area contributed by atoms with Crippen LogP contribution in [-0.2, 0) is 17.6 Å². The molecule has 0 spiro atoms. The molecule has 4 N–H and O–H groups in total. The maximum Gasteiger partial charge on any atom is 0.407 e. The van der Waals surface area contributed by atoms with Crippen LogP contribution in [0.4, 0.5) is 10.5 Å². The smallest absolute Gasteiger partial charge is 0.407 e. The molecule has 0 saturated carbocycles. The first-order valence-corrected chi connectivity index (χ1v) is 14.1. The monoisotopic (exact) mass is 538 g/mol. The number of rotatable bonds is 5. The van der Waals surface area contributed by atoms with E-state index in [1.54, 1.807) is 0 Å². The van der Waals surface area contributed by atoms with Crippen molar-refractivity contribution in [3.05, 3.63) is 58.6 Å². The van der Waals surface area contributed by atoms with Gasteiger partial charge >= 0.3 is 6.09 Å². The maximum atomic E-state index is 12.6. The van der Waals surface area contributed by atoms with Gasteiger partial charge in [-0.25, -0.2) is 9.78 Å². The summed E-state index contributed by atoms with van der Waals surface area (Å²) in [5.41, 5.74) is 8.48. The summed E-state index contributed by atoms with van der Waals surface area (Å²) < 4.78 is 5.19. The number of amides is 2. The van der Waals surface area contributed by atoms with Crippen LogP contribution >= 0.6 is 11.3 Å². The molecule has 2 aromatic heterocycles. The molecule has 0 saturated heterocycles. The van der Waals surface area contributed by atoms with E-state index >= 15 is 0 Å². The van der Waals surface area contributed by atoms with Crippen molar-refractivity contribution in [3.8, 4) is 0 Å². The molecule has 2 amide bonds. The molecule has 4 rings (SSSR count). The molecular formula is C30H42N4O3S. The van der Waals surface area contributed by atoms with Crippen LogP contribution in [0.2, 0.25) is 0 Å². The number of aryl methyl sites for hydroxylation is 1. The number of thiophene rings is 1. The SMILES string of the molecule is CC(C)(C)OC(=O)NCCCNC(=O)c1cc2cc3c(nc2s1)CCC(C(C)(C)C)C3.Nc1ccccc1. The number of anilines is 1. The average molecular weight is 539 g/mol. The van der Waals surface area contributed by atoms with E-state index in [0.29, 0.717) is 35.7 Å². The summed E-state index contributed by atoms with van der Waals surface area (Å²) in [6.45, 7) is 13.3. The Kier molecular flexibility index (Phi) is 9.77. The largest absolute Gasteiger partial charge is 0.444 e. The number of aromatic nitrogens is 1. The van der Waals surface area contributed by atoms with E-state index in [1.807, 2.05) is 57.2 Å². The molecule has 7 nitrogen and oxygen atoms in total. The minimum Gasteiger partial charge on any atom is -0.444 e. The van der Waals surface area contributed by atoms with Gasteiger partial charge in [0, 0.05) is 29.9 Å². The lowest BCUT2D eigenvalue weighted by molar-refractivity contribution is 0.0527. The summed E-state index contributed by atoms with van der Waals surface area (Å²) in [7, 11) is 0. The van der Waals surface area contributed by atoms with Crippen molar-refractivity contribution in [1.29, 1.82) is 0 Å². The lowest BCUT2D eigenvalue weighted by atomic mass is 9.71. The van der Waals surface area contributed by atoms with E-state index in [2.05, 4.69) is 37.5 Å². The fraction of sp³-hybridized carbons (Fsp3) is 0.500. The number of carbonyl (C=O) groups excluding carboxylic acids is 2. The molecule has 0 bridgehead atoms. The number of pyridine rings is 1. The van der Waals surface area contributed by atoms with E-state index in [9.17, 15) is 9.59 Å². The molecule has 1 unspecified atom stereocenters. The molecule has 206 valence electrons. The molecule has 0 fully saturated rings. The summed E-state index contributed by atoms with van der Waals surface area (Å²) in [4.78, 5) is 30.7. The number of nitrogens with one attached hydrogen (secondary N) is 2. The standard InChI is InChI=1S/C24H35N3O3S.C6H7N/c1-23(2,3)17-8-9-18-15(13-17)12-16-14-19(31-21(16)27-18)20(28)25-10-7-11-26-22(29)30-24(4,5)6;7-6-4-2-1-3-5-6/h12,14,17H,7-11,13H2,1-6H3,(H,25,28)(H,26,29);1-5H,7H2. The van der Waals surface area contributed by atoms with Crippen molar-refractivity contribution >= 4 is 39.2 Å². The van der Waals surface area contributed by atoms with Gasteiger partial charge < -0.3 is 21.1 Å². The number of nitrogens with two attached hydrogens (primary N) is 1. The first kappa shape index (κ1) is 29.4. The minimum absolute atomic E-state index is 0.0918. The van der Waals surface area contributed by atoms with Crippen molar-refractivity contribution < 1.29 is 14.3 Å². The predicted molar refractivity (Wildman–Crippen MR) is 157 cm³/mol. The second-order valence-electron chi connectivity index (χ2n) is 11.9. The quantitative estimate of drug-likeness (QED) is 0.259. The third-order valence-corrected chi connectivity index (χ3v) is 7.47. The van der Waals surface area contributed by atoms with E-state index in [1.165, 1.54) is 29.0 Å². The molecule has 1 aliphatic rings. The second kappa shape index (κ2) is 12.6. The van der Waals surface area contributed by atoms with E-state index in [4.69, 9.17) is 15.5 Å². The normalized spacial score (nSPS) is 15.2. The van der Waals surface area contributed by atoms with E-state index in [0.717, 1.165) is 28.7 Å². The lowest BCUT2D eigenvalue weighted by Crippen LogP contribution is -2.34. The predicted octanol–water partition coefficient (Wildman–Crippen LogP) is 6.36. The van der Waals surface area contributed by atoms with Gasteiger partial charge in [0.05, 0.1) is 4.88 Å². The first-order valence-electron chi connectivity index (χ1n) is 13.3. The molecular weight excluding hydrogens is 496 g/mol. The average Bonchev–Trinajstić information content (AvgIpc) is 3.24. The molecule has 38 heavy (non-hydrogen) atoms. The van der Waals surface area contributed by atoms with Gasteiger partial charge in [-0.15, -0.1) is 11.3 Å². The summed E-state index contributed by atoms with van der Waals surface area (Å²) in [6.07, 6.45) is 3.44. The summed E-state index contributed by atoms with van der Waals surface area (Å²) in [5, 5.41) is 6.68. The molecule has 3 aromatic rings. The molecule has 1 atom stereocenters. The van der Waals surface area contributed by atoms with Crippen molar-refractivity contribution in [2.45, 2.75) is 72.8 Å². The number of hydrogen-bond donors (Lipinski definition) is 3. The number of hydrogen-bond acceptors (Lipinski definition) is 6. The van der Waals surface area contributed by atoms with Crippen molar-refractivity contribution in [2.75, 3.05) is 18.8 Å². The van der Waals surface area contributed by atoms with Crippen LogP contribution < -0.4 is 16.4 Å². The maximum absolute atomic E-state index is 12.6. The van der Waals surface area contributed by atoms with Crippen molar-refractivity contribution in [2.24, 2.45) is 11.3 Å². The Bertz CT molecular complexity index is 1230. The Balaban J connectivity index is 0.000000494. The van der Waals surface area contributed by atoms with Gasteiger partial charge in [-0.2, -0.15) is 0 Å². The number of nitrogen functional groups attached to an aromatic ring is 1. The Morgan fingerprint density at radius 1 is 1.05 bits per heavy atom. The Morgan fingerprint density at radius 2 is 1.74 bits per heavy atom. The Labute approximate surface area is 230 Å². The van der Waals surface area contributed by atoms with Crippen LogP contribution in [0.15, 0.2) is 42.5 Å². The van der Waals surface area contributed by atoms with Crippen LogP contribution in [0.5, 0.6) is 0 Å². The topological polar surface area (TPSA) is 106 Å². The zero-order valence-corrected chi connectivity index (χ0v) is 24.3. The first-order chi connectivity index (χ1) is 17.8. The van der Waals surface area contributed by atoms with Gasteiger partial charge in [-0.1, -0.05) is 39.0 Å². The number of ether oxygens (including phenoxy) is 1. The highest BCUT2D eigenvalue weighted by Gasteiger charge is 2.29. The van der Waals surface area contributed by atoms with Gasteiger partial charge in [-0.3, -0.25) is 4.79 Å². The fourth-order valence-corrected chi connectivity index (χ4v) is 5.26. The second-order valence-corrected chi connectivity index (χ2v) is 12.9. The van der Waals surface area contributed by atoms with Gasteiger partial charge in [0.2, 0.25) is 0 Å². The molecule has 0 aliphatic heterocycles. The zero-order chi connectivity index (χ0) is 27.9. The zero-order valence-electron chi connectivity index (χ0n) is 23.5. The summed E-state index contributed by atoms with van der Waals surface area (Å²) >= 11 is 1.45. The number of carbonyl (C=O) groups is 2. The van der Waals surface area contributed by atoms with Gasteiger partial charge in [-0.05, 0) is 87.6 Å². The Hall–Kier alpha value is -3.13. The van der Waals surface area contributed by atoms with Crippen molar-refractivity contribution in [3.63, 3.8) is 0 Å². The highest BCUT2D eigenvalue weighted by Crippen LogP contribution is 2.38. The fourth-order valence-electron chi connectivity index (χ4n) is 4.31. The summed E-state index contributed by atoms with van der Waals surface area (Å²) in [5.74, 6) is 0.570. The Morgan fingerprint density at radius 3 is 2.34 bits per heavy atom. The van der Waals surface area contributed by atoms with E-state index in [-0.39, 0.29) is 5.91 Å². The molecule has 1 aromatic carbocycles. The number of para-hydroxylation sites is 1. The number of fused-ring (bicyclic) bond motifs is 2. The van der Waals surface area contributed by atoms with Gasteiger partial charge in [0.1, 0.15) is 10.4 Å². The van der Waals surface area contributed by atoms with Gasteiger partial charge in [0.15, 0.2) is 0 Å². The van der Waals surface area contributed by atoms with Crippen LogP contribution in [0, 0.1) is 11.3 Å².